The molecule has 4 rings (SSSR count). The molecule has 1 heterocycles. The third-order valence-corrected chi connectivity index (χ3v) is 6.12. The topological polar surface area (TPSA) is 59.0 Å². The molecule has 1 saturated carbocycles. The molecule has 0 bridgehead atoms. The number of carbonyl (C=O) groups excluding carboxylic acids is 2. The molecule has 1 atom stereocenters. The summed E-state index contributed by atoms with van der Waals surface area (Å²) in [4.78, 5) is 24.6. The fourth-order valence-corrected chi connectivity index (χ4v) is 4.61. The number of rotatable bonds is 6. The van der Waals surface area contributed by atoms with Crippen LogP contribution in [-0.2, 0) is 20.9 Å². The number of carbonyl (C=O) groups is 2. The van der Waals surface area contributed by atoms with Crippen molar-refractivity contribution in [2.45, 2.75) is 45.1 Å². The first kappa shape index (κ1) is 20.6. The third kappa shape index (κ3) is 4.57. The SMILES string of the molecule is CC(=O)C(c1ccc(CN2N=C(c3cccc(Cl)c3)OCC2=O)cc1)C1CCCC1. The molecule has 2 aromatic carbocycles. The van der Waals surface area contributed by atoms with Crippen LogP contribution in [0.1, 0.15) is 55.2 Å². The summed E-state index contributed by atoms with van der Waals surface area (Å²) in [6.45, 7) is 1.98. The van der Waals surface area contributed by atoms with Crippen LogP contribution in [0.2, 0.25) is 5.02 Å². The molecule has 5 nitrogen and oxygen atoms in total. The predicted octanol–water partition coefficient (Wildman–Crippen LogP) is 4.92. The number of ether oxygens (including phenoxy) is 1. The minimum absolute atomic E-state index is 0.0287. The minimum Gasteiger partial charge on any atom is -0.466 e. The second-order valence-corrected chi connectivity index (χ2v) is 8.47. The van der Waals surface area contributed by atoms with Gasteiger partial charge in [-0.05, 0) is 55.0 Å². The van der Waals surface area contributed by atoms with Crippen LogP contribution in [0.4, 0.5) is 0 Å². The van der Waals surface area contributed by atoms with Crippen LogP contribution in [0.3, 0.4) is 0 Å². The van der Waals surface area contributed by atoms with E-state index < -0.39 is 0 Å². The van der Waals surface area contributed by atoms with Crippen molar-refractivity contribution in [2.75, 3.05) is 6.61 Å². The van der Waals surface area contributed by atoms with Gasteiger partial charge in [0.2, 0.25) is 5.90 Å². The summed E-state index contributed by atoms with van der Waals surface area (Å²) in [5.74, 6) is 0.829. The van der Waals surface area contributed by atoms with Gasteiger partial charge in [-0.3, -0.25) is 9.59 Å². The average Bonchev–Trinajstić information content (AvgIpc) is 3.25. The first-order chi connectivity index (χ1) is 14.5. The highest BCUT2D eigenvalue weighted by atomic mass is 35.5. The number of benzene rings is 2. The Bertz CT molecular complexity index is 965. The summed E-state index contributed by atoms with van der Waals surface area (Å²) in [7, 11) is 0. The molecule has 156 valence electrons. The average molecular weight is 425 g/mol. The van der Waals surface area contributed by atoms with Gasteiger partial charge in [-0.2, -0.15) is 0 Å². The van der Waals surface area contributed by atoms with Gasteiger partial charge in [0.05, 0.1) is 6.54 Å². The molecule has 2 aliphatic rings. The smallest absolute Gasteiger partial charge is 0.281 e. The molecule has 0 aromatic heterocycles. The molecule has 1 unspecified atom stereocenters. The molecule has 0 spiro atoms. The lowest BCUT2D eigenvalue weighted by atomic mass is 9.82. The molecule has 1 aliphatic carbocycles. The third-order valence-electron chi connectivity index (χ3n) is 5.88. The Morgan fingerprint density at radius 1 is 1.20 bits per heavy atom. The number of hydrogen-bond donors (Lipinski definition) is 0. The first-order valence-corrected chi connectivity index (χ1v) is 10.8. The van der Waals surface area contributed by atoms with Gasteiger partial charge >= 0.3 is 0 Å². The quantitative estimate of drug-likeness (QED) is 0.661. The molecule has 1 aliphatic heterocycles. The number of ketones is 1. The summed E-state index contributed by atoms with van der Waals surface area (Å²) in [6, 6.07) is 15.2. The Kier molecular flexibility index (Phi) is 6.18. The van der Waals surface area contributed by atoms with Crippen LogP contribution < -0.4 is 0 Å². The second-order valence-electron chi connectivity index (χ2n) is 8.03. The van der Waals surface area contributed by atoms with E-state index >= 15 is 0 Å². The number of nitrogens with zero attached hydrogens (tertiary/aromatic N) is 2. The van der Waals surface area contributed by atoms with E-state index in [-0.39, 0.29) is 24.2 Å². The van der Waals surface area contributed by atoms with Crippen LogP contribution in [0.25, 0.3) is 0 Å². The van der Waals surface area contributed by atoms with Crippen molar-refractivity contribution in [3.63, 3.8) is 0 Å². The summed E-state index contributed by atoms with van der Waals surface area (Å²) in [5, 5.41) is 6.39. The van der Waals surface area contributed by atoms with Crippen molar-refractivity contribution < 1.29 is 14.3 Å². The molecule has 0 radical (unpaired) electrons. The van der Waals surface area contributed by atoms with Crippen LogP contribution >= 0.6 is 11.6 Å². The molecular weight excluding hydrogens is 400 g/mol. The standard InChI is InChI=1S/C24H25ClN2O3/c1-16(28)23(18-5-2-3-6-18)19-11-9-17(10-12-19)14-27-22(29)15-30-24(26-27)20-7-4-8-21(25)13-20/h4,7-13,18,23H,2-3,5-6,14-15H2,1H3. The summed E-state index contributed by atoms with van der Waals surface area (Å²) in [5.41, 5.74) is 2.75. The maximum absolute atomic E-state index is 12.3. The van der Waals surface area contributed by atoms with Crippen molar-refractivity contribution in [2.24, 2.45) is 11.0 Å². The van der Waals surface area contributed by atoms with Gasteiger partial charge in [-0.1, -0.05) is 54.8 Å². The molecule has 0 N–H and O–H groups in total. The van der Waals surface area contributed by atoms with Gasteiger partial charge in [-0.15, -0.1) is 5.10 Å². The fraction of sp³-hybridized carbons (Fsp3) is 0.375. The Labute approximate surface area is 181 Å². The van der Waals surface area contributed by atoms with Crippen LogP contribution in [0, 0.1) is 5.92 Å². The van der Waals surface area contributed by atoms with Crippen molar-refractivity contribution in [3.05, 3.63) is 70.2 Å². The largest absolute Gasteiger partial charge is 0.466 e. The lowest BCUT2D eigenvalue weighted by molar-refractivity contribution is -0.136. The van der Waals surface area contributed by atoms with Crippen molar-refractivity contribution >= 4 is 29.2 Å². The van der Waals surface area contributed by atoms with Gasteiger partial charge < -0.3 is 4.74 Å². The zero-order valence-electron chi connectivity index (χ0n) is 17.0. The van der Waals surface area contributed by atoms with E-state index in [0.717, 1.165) is 29.5 Å². The lowest BCUT2D eigenvalue weighted by Gasteiger charge is -2.24. The van der Waals surface area contributed by atoms with Gasteiger partial charge in [0, 0.05) is 16.5 Å². The number of hydrazone groups is 1. The van der Waals surface area contributed by atoms with Gasteiger partial charge in [-0.25, -0.2) is 5.01 Å². The van der Waals surface area contributed by atoms with E-state index in [1.54, 1.807) is 19.1 Å². The van der Waals surface area contributed by atoms with E-state index in [1.165, 1.54) is 17.9 Å². The molecule has 1 amide bonds. The van der Waals surface area contributed by atoms with E-state index in [1.807, 2.05) is 36.4 Å². The highest BCUT2D eigenvalue weighted by molar-refractivity contribution is 6.31. The maximum atomic E-state index is 12.3. The van der Waals surface area contributed by atoms with Crippen LogP contribution in [0.5, 0.6) is 0 Å². The Morgan fingerprint density at radius 2 is 1.93 bits per heavy atom. The minimum atomic E-state index is -0.197. The normalized spacial score (nSPS) is 18.1. The van der Waals surface area contributed by atoms with E-state index in [0.29, 0.717) is 23.4 Å². The van der Waals surface area contributed by atoms with Gasteiger partial charge in [0.25, 0.3) is 5.91 Å². The van der Waals surface area contributed by atoms with Gasteiger partial charge in [0.1, 0.15) is 5.78 Å². The number of amides is 1. The first-order valence-electron chi connectivity index (χ1n) is 10.4. The van der Waals surface area contributed by atoms with Gasteiger partial charge in [0.15, 0.2) is 6.61 Å². The summed E-state index contributed by atoms with van der Waals surface area (Å²) in [6.07, 6.45) is 4.65. The molecule has 2 aromatic rings. The summed E-state index contributed by atoms with van der Waals surface area (Å²) >= 11 is 6.05. The van der Waals surface area contributed by atoms with E-state index in [4.69, 9.17) is 16.3 Å². The molecular formula is C24H25ClN2O3. The predicted molar refractivity (Wildman–Crippen MR) is 116 cm³/mol. The number of halogens is 1. The molecule has 1 fully saturated rings. The zero-order chi connectivity index (χ0) is 21.1. The Hall–Kier alpha value is -2.66. The van der Waals surface area contributed by atoms with E-state index in [9.17, 15) is 9.59 Å². The Balaban J connectivity index is 1.51. The monoisotopic (exact) mass is 424 g/mol. The lowest BCUT2D eigenvalue weighted by Crippen LogP contribution is -2.36. The second kappa shape index (κ2) is 9.00. The van der Waals surface area contributed by atoms with E-state index in [2.05, 4.69) is 5.10 Å². The number of hydrogen-bond acceptors (Lipinski definition) is 4. The van der Waals surface area contributed by atoms with Crippen molar-refractivity contribution in [1.29, 1.82) is 0 Å². The van der Waals surface area contributed by atoms with Crippen molar-refractivity contribution in [3.8, 4) is 0 Å². The summed E-state index contributed by atoms with van der Waals surface area (Å²) < 4.78 is 5.50. The fourth-order valence-electron chi connectivity index (χ4n) is 4.42. The van der Waals surface area contributed by atoms with Crippen molar-refractivity contribution in [1.82, 2.24) is 5.01 Å². The molecule has 30 heavy (non-hydrogen) atoms. The maximum Gasteiger partial charge on any atom is 0.281 e. The zero-order valence-corrected chi connectivity index (χ0v) is 17.8. The highest BCUT2D eigenvalue weighted by Gasteiger charge is 2.30. The van der Waals surface area contributed by atoms with Crippen LogP contribution in [-0.4, -0.2) is 29.2 Å². The van der Waals surface area contributed by atoms with Crippen LogP contribution in [0.15, 0.2) is 53.6 Å². The Morgan fingerprint density at radius 3 is 2.60 bits per heavy atom. The molecule has 6 heteroatoms. The number of Topliss-reactive ketones (excluding diaryl/α,β-unsaturated/α-hetero) is 1. The molecule has 0 saturated heterocycles. The highest BCUT2D eigenvalue weighted by Crippen LogP contribution is 2.38.